The van der Waals surface area contributed by atoms with Crippen LogP contribution in [0, 0.1) is 6.92 Å². The fourth-order valence-electron chi connectivity index (χ4n) is 5.39. The standard InChI is InChI=1S/C28H35ClN4O6/c1-15-18-9-11-33(24(18)31-14-30-15)25-23-22(37-28(5,6)38-23)21(36-25)20(32-26(35)39-27(2,3)4)19-8-7-17(29)13-16(19)10-12-34/h7-9,11,13-14,20-23,25,34H,10,12H2,1-6H3,(H,32,35)/t20-,21-,22-,23-,25-/m1/s1. The number of hydrogen-bond acceptors (Lipinski definition) is 8. The van der Waals surface area contributed by atoms with Gasteiger partial charge in [-0.15, -0.1) is 0 Å². The molecule has 11 heteroatoms. The number of alkyl carbamates (subject to hydrolysis) is 1. The molecule has 1 aromatic carbocycles. The zero-order chi connectivity index (χ0) is 28.1. The van der Waals surface area contributed by atoms with Gasteiger partial charge < -0.3 is 33.9 Å². The number of aromatic nitrogens is 3. The maximum Gasteiger partial charge on any atom is 0.408 e. The van der Waals surface area contributed by atoms with Crippen molar-refractivity contribution in [1.29, 1.82) is 0 Å². The lowest BCUT2D eigenvalue weighted by Gasteiger charge is -2.32. The van der Waals surface area contributed by atoms with E-state index in [1.165, 1.54) is 6.33 Å². The van der Waals surface area contributed by atoms with Crippen LogP contribution in [0.5, 0.6) is 0 Å². The first-order valence-electron chi connectivity index (χ1n) is 13.0. The molecule has 0 unspecified atom stereocenters. The molecule has 0 saturated carbocycles. The van der Waals surface area contributed by atoms with E-state index in [0.717, 1.165) is 22.2 Å². The van der Waals surface area contributed by atoms with Crippen molar-refractivity contribution in [2.75, 3.05) is 6.61 Å². The molecular weight excluding hydrogens is 524 g/mol. The van der Waals surface area contributed by atoms with Gasteiger partial charge in [0.15, 0.2) is 12.0 Å². The van der Waals surface area contributed by atoms with Crippen molar-refractivity contribution in [3.63, 3.8) is 0 Å². The molecule has 210 valence electrons. The van der Waals surface area contributed by atoms with E-state index in [9.17, 15) is 9.90 Å². The topological polar surface area (TPSA) is 117 Å². The first-order valence-corrected chi connectivity index (χ1v) is 13.4. The molecule has 5 atom stereocenters. The maximum atomic E-state index is 13.1. The van der Waals surface area contributed by atoms with Gasteiger partial charge in [0.25, 0.3) is 0 Å². The van der Waals surface area contributed by atoms with Gasteiger partial charge in [-0.3, -0.25) is 0 Å². The number of carbonyl (C=O) groups is 1. The van der Waals surface area contributed by atoms with Crippen molar-refractivity contribution in [3.05, 3.63) is 58.6 Å². The van der Waals surface area contributed by atoms with Crippen molar-refractivity contribution in [2.24, 2.45) is 0 Å². The number of benzene rings is 1. The van der Waals surface area contributed by atoms with Gasteiger partial charge >= 0.3 is 6.09 Å². The Bertz CT molecular complexity index is 1370. The number of amides is 1. The van der Waals surface area contributed by atoms with E-state index < -0.39 is 48.1 Å². The molecule has 4 heterocycles. The number of aliphatic hydroxyl groups excluding tert-OH is 1. The van der Waals surface area contributed by atoms with Gasteiger partial charge in [0.2, 0.25) is 0 Å². The van der Waals surface area contributed by atoms with Gasteiger partial charge in [0, 0.05) is 23.2 Å². The molecule has 0 aliphatic carbocycles. The fourth-order valence-corrected chi connectivity index (χ4v) is 5.58. The number of ether oxygens (including phenoxy) is 4. The van der Waals surface area contributed by atoms with Crippen LogP contribution in [0.4, 0.5) is 4.79 Å². The third kappa shape index (κ3) is 5.62. The Kier molecular flexibility index (Phi) is 7.36. The summed E-state index contributed by atoms with van der Waals surface area (Å²) < 4.78 is 27.0. The molecule has 2 fully saturated rings. The van der Waals surface area contributed by atoms with E-state index in [1.807, 2.05) is 43.7 Å². The van der Waals surface area contributed by atoms with E-state index in [1.54, 1.807) is 32.9 Å². The highest BCUT2D eigenvalue weighted by atomic mass is 35.5. The maximum absolute atomic E-state index is 13.1. The van der Waals surface area contributed by atoms with Gasteiger partial charge in [0.1, 0.15) is 35.9 Å². The summed E-state index contributed by atoms with van der Waals surface area (Å²) in [4.78, 5) is 21.9. The summed E-state index contributed by atoms with van der Waals surface area (Å²) in [5, 5.41) is 14.2. The summed E-state index contributed by atoms with van der Waals surface area (Å²) in [6.07, 6.45) is 0.868. The number of halogens is 1. The van der Waals surface area contributed by atoms with E-state index in [4.69, 9.17) is 30.5 Å². The van der Waals surface area contributed by atoms with Crippen LogP contribution in [0.3, 0.4) is 0 Å². The van der Waals surface area contributed by atoms with Crippen LogP contribution >= 0.6 is 11.6 Å². The average Bonchev–Trinajstić information content (AvgIpc) is 3.48. The first kappa shape index (κ1) is 27.8. The summed E-state index contributed by atoms with van der Waals surface area (Å²) in [7, 11) is 0. The van der Waals surface area contributed by atoms with Crippen LogP contribution in [0.2, 0.25) is 5.02 Å². The predicted molar refractivity (Wildman–Crippen MR) is 144 cm³/mol. The van der Waals surface area contributed by atoms with Crippen molar-refractivity contribution < 1.29 is 28.8 Å². The smallest absolute Gasteiger partial charge is 0.408 e. The Morgan fingerprint density at radius 2 is 1.97 bits per heavy atom. The van der Waals surface area contributed by atoms with Crippen molar-refractivity contribution in [1.82, 2.24) is 19.9 Å². The Hall–Kier alpha value is -2.76. The second-order valence-corrected chi connectivity index (χ2v) is 11.9. The van der Waals surface area contributed by atoms with Crippen molar-refractivity contribution >= 4 is 28.7 Å². The summed E-state index contributed by atoms with van der Waals surface area (Å²) in [6, 6.07) is 6.62. The number of aryl methyl sites for hydroxylation is 1. The van der Waals surface area contributed by atoms with Crippen LogP contribution in [0.15, 0.2) is 36.8 Å². The minimum atomic E-state index is -0.881. The number of nitrogens with zero attached hydrogens (tertiary/aromatic N) is 3. The molecule has 39 heavy (non-hydrogen) atoms. The van der Waals surface area contributed by atoms with Crippen LogP contribution in [0.1, 0.15) is 63.7 Å². The molecule has 0 radical (unpaired) electrons. The third-order valence-corrected chi connectivity index (χ3v) is 7.10. The minimum Gasteiger partial charge on any atom is -0.444 e. The SMILES string of the molecule is Cc1ncnc2c1ccn2[C@@H]1O[C@H]([C@H](NC(=O)OC(C)(C)C)c2ccc(Cl)cc2CCO)[C@H]2OC(C)(C)O[C@H]21. The molecule has 2 N–H and O–H groups in total. The second kappa shape index (κ2) is 10.3. The van der Waals surface area contributed by atoms with Gasteiger partial charge in [-0.2, -0.15) is 0 Å². The predicted octanol–water partition coefficient (Wildman–Crippen LogP) is 4.61. The average molecular weight is 559 g/mol. The van der Waals surface area contributed by atoms with Crippen LogP contribution in [0.25, 0.3) is 11.0 Å². The third-order valence-electron chi connectivity index (χ3n) is 6.87. The molecule has 0 spiro atoms. The van der Waals surface area contributed by atoms with E-state index in [-0.39, 0.29) is 6.61 Å². The highest BCUT2D eigenvalue weighted by Gasteiger charge is 2.58. The van der Waals surface area contributed by atoms with E-state index in [0.29, 0.717) is 17.1 Å². The molecular formula is C28H35ClN4O6. The molecule has 1 amide bonds. The molecule has 3 aromatic rings. The fraction of sp³-hybridized carbons (Fsp3) is 0.536. The van der Waals surface area contributed by atoms with E-state index >= 15 is 0 Å². The molecule has 2 aliphatic rings. The Morgan fingerprint density at radius 1 is 1.23 bits per heavy atom. The zero-order valence-electron chi connectivity index (χ0n) is 23.0. The molecule has 2 aliphatic heterocycles. The number of rotatable bonds is 6. The number of aliphatic hydroxyl groups is 1. The Labute approximate surface area is 232 Å². The summed E-state index contributed by atoms with van der Waals surface area (Å²) in [5.41, 5.74) is 2.38. The van der Waals surface area contributed by atoms with Crippen molar-refractivity contribution in [3.8, 4) is 0 Å². The monoisotopic (exact) mass is 558 g/mol. The van der Waals surface area contributed by atoms with Crippen LogP contribution in [-0.4, -0.2) is 62.0 Å². The Balaban J connectivity index is 1.59. The lowest BCUT2D eigenvalue weighted by atomic mass is 9.91. The highest BCUT2D eigenvalue weighted by Crippen LogP contribution is 2.47. The molecule has 5 rings (SSSR count). The lowest BCUT2D eigenvalue weighted by molar-refractivity contribution is -0.199. The van der Waals surface area contributed by atoms with Crippen molar-refractivity contribution in [2.45, 2.75) is 89.9 Å². The summed E-state index contributed by atoms with van der Waals surface area (Å²) in [6.45, 7) is 11.0. The molecule has 2 saturated heterocycles. The van der Waals surface area contributed by atoms with Gasteiger partial charge in [-0.05, 0) is 77.3 Å². The molecule has 0 bridgehead atoms. The Morgan fingerprint density at radius 3 is 2.69 bits per heavy atom. The number of hydrogen-bond donors (Lipinski definition) is 2. The van der Waals surface area contributed by atoms with E-state index in [2.05, 4.69) is 15.3 Å². The summed E-state index contributed by atoms with van der Waals surface area (Å²) in [5.74, 6) is -0.881. The number of fused-ring (bicyclic) bond motifs is 2. The van der Waals surface area contributed by atoms with Crippen LogP contribution in [-0.2, 0) is 25.4 Å². The minimum absolute atomic E-state index is 0.0895. The molecule has 2 aromatic heterocycles. The summed E-state index contributed by atoms with van der Waals surface area (Å²) >= 11 is 6.31. The quantitative estimate of drug-likeness (QED) is 0.450. The lowest BCUT2D eigenvalue weighted by Crippen LogP contribution is -2.44. The second-order valence-electron chi connectivity index (χ2n) is 11.4. The van der Waals surface area contributed by atoms with Crippen LogP contribution < -0.4 is 5.32 Å². The zero-order valence-corrected chi connectivity index (χ0v) is 23.7. The van der Waals surface area contributed by atoms with Gasteiger partial charge in [0.05, 0.1) is 11.7 Å². The largest absolute Gasteiger partial charge is 0.444 e. The molecule has 10 nitrogen and oxygen atoms in total. The first-order chi connectivity index (χ1) is 18.4. The van der Waals surface area contributed by atoms with Gasteiger partial charge in [-0.25, -0.2) is 14.8 Å². The normalized spacial score (nSPS) is 25.0. The number of carbonyl (C=O) groups excluding carboxylic acids is 1. The van der Waals surface area contributed by atoms with Gasteiger partial charge in [-0.1, -0.05) is 17.7 Å². The highest BCUT2D eigenvalue weighted by molar-refractivity contribution is 6.30. The number of nitrogens with one attached hydrogen (secondary N) is 1.